The van der Waals surface area contributed by atoms with E-state index in [4.69, 9.17) is 4.74 Å². The molecule has 1 N–H and O–H groups in total. The first-order valence-electron chi connectivity index (χ1n) is 3.85. The number of ether oxygens (including phenoxy) is 1. The molecule has 64 valence electrons. The maximum Gasteiger partial charge on any atom is 0.340 e. The second-order valence-electron chi connectivity index (χ2n) is 2.87. The lowest BCUT2D eigenvalue weighted by Gasteiger charge is -1.91. The molecule has 0 radical (unpaired) electrons. The second kappa shape index (κ2) is 2.07. The largest absolute Gasteiger partial charge is 0.455 e. The number of hydrogen-bond acceptors (Lipinski definition) is 4. The quantitative estimate of drug-likeness (QED) is 0.596. The van der Waals surface area contributed by atoms with Gasteiger partial charge in [0.2, 0.25) is 0 Å². The molecular weight excluding hydrogens is 170 g/mol. The van der Waals surface area contributed by atoms with Crippen LogP contribution in [0.4, 0.5) is 0 Å². The van der Waals surface area contributed by atoms with Crippen molar-refractivity contribution >= 4 is 17.0 Å². The number of fused-ring (bicyclic) bond motifs is 2. The van der Waals surface area contributed by atoms with Crippen molar-refractivity contribution in [3.63, 3.8) is 0 Å². The fourth-order valence-electron chi connectivity index (χ4n) is 1.42. The van der Waals surface area contributed by atoms with Gasteiger partial charge in [0.05, 0.1) is 17.5 Å². The zero-order chi connectivity index (χ0) is 8.84. The van der Waals surface area contributed by atoms with Crippen LogP contribution in [0.1, 0.15) is 16.1 Å². The number of nitrogens with zero attached hydrogens (tertiary/aromatic N) is 2. The third-order valence-corrected chi connectivity index (χ3v) is 2.06. The molecule has 1 aliphatic heterocycles. The minimum absolute atomic E-state index is 0.267. The van der Waals surface area contributed by atoms with E-state index in [0.29, 0.717) is 16.9 Å². The van der Waals surface area contributed by atoms with Crippen LogP contribution in [0.25, 0.3) is 11.0 Å². The van der Waals surface area contributed by atoms with Crippen molar-refractivity contribution in [1.82, 2.24) is 15.2 Å². The molecule has 2 aromatic heterocycles. The number of cyclic esters (lactones) is 1. The van der Waals surface area contributed by atoms with Gasteiger partial charge in [0, 0.05) is 5.39 Å². The average molecular weight is 175 g/mol. The van der Waals surface area contributed by atoms with Gasteiger partial charge in [0.25, 0.3) is 0 Å². The summed E-state index contributed by atoms with van der Waals surface area (Å²) in [6, 6.07) is 1.75. The molecule has 0 atom stereocenters. The lowest BCUT2D eigenvalue weighted by molar-refractivity contribution is 0.0533. The Labute approximate surface area is 72.7 Å². The molecule has 0 unspecified atom stereocenters. The number of rotatable bonds is 0. The molecule has 0 spiro atoms. The maximum absolute atomic E-state index is 11.1. The highest BCUT2D eigenvalue weighted by molar-refractivity contribution is 5.96. The van der Waals surface area contributed by atoms with E-state index in [-0.39, 0.29) is 12.6 Å². The predicted molar refractivity (Wildman–Crippen MR) is 43.0 cm³/mol. The van der Waals surface area contributed by atoms with Crippen molar-refractivity contribution in [1.29, 1.82) is 0 Å². The van der Waals surface area contributed by atoms with Crippen molar-refractivity contribution in [2.24, 2.45) is 0 Å². The highest BCUT2D eigenvalue weighted by Crippen LogP contribution is 2.21. The molecule has 5 nitrogen and oxygen atoms in total. The molecule has 0 saturated carbocycles. The van der Waals surface area contributed by atoms with Gasteiger partial charge in [-0.25, -0.2) is 9.78 Å². The van der Waals surface area contributed by atoms with Crippen LogP contribution in [-0.2, 0) is 11.3 Å². The number of H-pyrrole nitrogens is 1. The summed E-state index contributed by atoms with van der Waals surface area (Å²) in [6.45, 7) is 0.267. The first-order valence-corrected chi connectivity index (χ1v) is 3.85. The van der Waals surface area contributed by atoms with E-state index in [9.17, 15) is 4.79 Å². The molecule has 0 amide bonds. The average Bonchev–Trinajstić information content (AvgIpc) is 2.70. The summed E-state index contributed by atoms with van der Waals surface area (Å²) >= 11 is 0. The Morgan fingerprint density at radius 3 is 3.38 bits per heavy atom. The van der Waals surface area contributed by atoms with Gasteiger partial charge in [0.15, 0.2) is 5.65 Å². The van der Waals surface area contributed by atoms with Gasteiger partial charge in [-0.3, -0.25) is 5.10 Å². The molecule has 0 saturated heterocycles. The standard InChI is InChI=1S/C8H5N3O2/c12-8-5-1-4-2-9-11-7(4)10-6(5)3-13-8/h1-2H,3H2,(H,9,10,11). The van der Waals surface area contributed by atoms with Crippen LogP contribution in [0.5, 0.6) is 0 Å². The fourth-order valence-corrected chi connectivity index (χ4v) is 1.42. The molecule has 2 aromatic rings. The number of esters is 1. The van der Waals surface area contributed by atoms with E-state index < -0.39 is 0 Å². The summed E-state index contributed by atoms with van der Waals surface area (Å²) in [5, 5.41) is 7.39. The maximum atomic E-state index is 11.1. The van der Waals surface area contributed by atoms with E-state index in [1.807, 2.05) is 0 Å². The van der Waals surface area contributed by atoms with Crippen molar-refractivity contribution < 1.29 is 9.53 Å². The van der Waals surface area contributed by atoms with Gasteiger partial charge in [-0.05, 0) is 6.07 Å². The van der Waals surface area contributed by atoms with Crippen LogP contribution < -0.4 is 0 Å². The second-order valence-corrected chi connectivity index (χ2v) is 2.87. The lowest BCUT2D eigenvalue weighted by atomic mass is 10.2. The van der Waals surface area contributed by atoms with Gasteiger partial charge < -0.3 is 4.74 Å². The first-order chi connectivity index (χ1) is 6.34. The van der Waals surface area contributed by atoms with E-state index in [1.165, 1.54) is 0 Å². The molecule has 0 bridgehead atoms. The van der Waals surface area contributed by atoms with Crippen LogP contribution in [0, 0.1) is 0 Å². The van der Waals surface area contributed by atoms with Gasteiger partial charge in [0.1, 0.15) is 6.61 Å². The van der Waals surface area contributed by atoms with Crippen molar-refractivity contribution in [2.75, 3.05) is 0 Å². The monoisotopic (exact) mass is 175 g/mol. The fraction of sp³-hybridized carbons (Fsp3) is 0.125. The van der Waals surface area contributed by atoms with Crippen LogP contribution in [0.2, 0.25) is 0 Å². The molecule has 13 heavy (non-hydrogen) atoms. The molecule has 3 heterocycles. The van der Waals surface area contributed by atoms with Crippen LogP contribution >= 0.6 is 0 Å². The number of pyridine rings is 1. The third-order valence-electron chi connectivity index (χ3n) is 2.06. The van der Waals surface area contributed by atoms with Gasteiger partial charge in [-0.15, -0.1) is 0 Å². The Hall–Kier alpha value is -1.91. The van der Waals surface area contributed by atoms with Crippen LogP contribution in [0.3, 0.4) is 0 Å². The summed E-state index contributed by atoms with van der Waals surface area (Å²) in [4.78, 5) is 15.3. The molecule has 1 aliphatic rings. The minimum atomic E-state index is -0.300. The SMILES string of the molecule is O=C1OCc2nc3[nH]ncc3cc21. The molecular formula is C8H5N3O2. The highest BCUT2D eigenvalue weighted by atomic mass is 16.5. The summed E-state index contributed by atoms with van der Waals surface area (Å²) < 4.78 is 4.83. The third kappa shape index (κ3) is 0.780. The van der Waals surface area contributed by atoms with Gasteiger partial charge >= 0.3 is 5.97 Å². The lowest BCUT2D eigenvalue weighted by Crippen LogP contribution is -1.94. The minimum Gasteiger partial charge on any atom is -0.455 e. The van der Waals surface area contributed by atoms with Gasteiger partial charge in [-0.2, -0.15) is 5.10 Å². The Balaban J connectivity index is 2.40. The summed E-state index contributed by atoms with van der Waals surface area (Å²) in [5.74, 6) is -0.300. The smallest absolute Gasteiger partial charge is 0.340 e. The number of hydrogen-bond donors (Lipinski definition) is 1. The Morgan fingerprint density at radius 2 is 2.46 bits per heavy atom. The zero-order valence-electron chi connectivity index (χ0n) is 6.57. The number of carbonyl (C=O) groups is 1. The summed E-state index contributed by atoms with van der Waals surface area (Å²) in [6.07, 6.45) is 1.63. The Kier molecular flexibility index (Phi) is 1.05. The summed E-state index contributed by atoms with van der Waals surface area (Å²) in [5.41, 5.74) is 1.92. The molecule has 0 aromatic carbocycles. The predicted octanol–water partition coefficient (Wildman–Crippen LogP) is 0.628. The number of carbonyl (C=O) groups excluding carboxylic acids is 1. The summed E-state index contributed by atoms with van der Waals surface area (Å²) in [7, 11) is 0. The van der Waals surface area contributed by atoms with Crippen molar-refractivity contribution in [3.05, 3.63) is 23.5 Å². The van der Waals surface area contributed by atoms with E-state index in [2.05, 4.69) is 15.2 Å². The number of aromatic amines is 1. The van der Waals surface area contributed by atoms with E-state index in [0.717, 1.165) is 5.39 Å². The van der Waals surface area contributed by atoms with Crippen LogP contribution in [-0.4, -0.2) is 21.2 Å². The topological polar surface area (TPSA) is 67.9 Å². The molecule has 0 fully saturated rings. The van der Waals surface area contributed by atoms with Gasteiger partial charge in [-0.1, -0.05) is 0 Å². The normalized spacial score (nSPS) is 14.6. The van der Waals surface area contributed by atoms with Crippen LogP contribution in [0.15, 0.2) is 12.3 Å². The number of nitrogens with one attached hydrogen (secondary N) is 1. The van der Waals surface area contributed by atoms with E-state index in [1.54, 1.807) is 12.3 Å². The zero-order valence-corrected chi connectivity index (χ0v) is 6.57. The van der Waals surface area contributed by atoms with Crippen molar-refractivity contribution in [2.45, 2.75) is 6.61 Å². The van der Waals surface area contributed by atoms with E-state index >= 15 is 0 Å². The number of aromatic nitrogens is 3. The first kappa shape index (κ1) is 6.59. The van der Waals surface area contributed by atoms with Crippen molar-refractivity contribution in [3.8, 4) is 0 Å². The Morgan fingerprint density at radius 1 is 1.54 bits per heavy atom. The highest BCUT2D eigenvalue weighted by Gasteiger charge is 2.23. The molecule has 3 rings (SSSR count). The molecule has 0 aliphatic carbocycles. The molecule has 5 heteroatoms. The Bertz CT molecular complexity index is 503.